The Morgan fingerprint density at radius 2 is 1.93 bits per heavy atom. The first-order valence-corrected chi connectivity index (χ1v) is 9.86. The number of nitrogens with zero attached hydrogens (tertiary/aromatic N) is 1. The van der Waals surface area contributed by atoms with Crippen LogP contribution in [0.2, 0.25) is 0 Å². The van der Waals surface area contributed by atoms with Crippen molar-refractivity contribution in [3.8, 4) is 10.6 Å². The van der Waals surface area contributed by atoms with Crippen LogP contribution < -0.4 is 5.32 Å². The summed E-state index contributed by atoms with van der Waals surface area (Å²) in [5, 5.41) is 15.0. The standard InChI is InChI=1S/C20H17BrN2O3S/c1-20(19(25)26,14-8-5-9-15(21)10-14)23-17(24)11-16-12-27-18(22-16)13-6-3-2-4-7-13/h2-10,12H,11H2,1H3,(H,23,24)(H,25,26). The zero-order chi connectivity index (χ0) is 19.4. The van der Waals surface area contributed by atoms with Crippen LogP contribution in [-0.2, 0) is 21.5 Å². The number of amides is 1. The third-order valence-corrected chi connectivity index (χ3v) is 5.57. The van der Waals surface area contributed by atoms with Gasteiger partial charge in [0, 0.05) is 15.4 Å². The van der Waals surface area contributed by atoms with Gasteiger partial charge in [-0.3, -0.25) is 4.79 Å². The fourth-order valence-corrected chi connectivity index (χ4v) is 3.86. The molecule has 0 aliphatic heterocycles. The van der Waals surface area contributed by atoms with Gasteiger partial charge in [-0.15, -0.1) is 11.3 Å². The van der Waals surface area contributed by atoms with Crippen LogP contribution in [0.1, 0.15) is 18.2 Å². The van der Waals surface area contributed by atoms with E-state index in [0.717, 1.165) is 15.0 Å². The molecule has 27 heavy (non-hydrogen) atoms. The molecule has 1 heterocycles. The number of halogens is 1. The van der Waals surface area contributed by atoms with Crippen molar-refractivity contribution in [1.29, 1.82) is 0 Å². The molecule has 0 saturated carbocycles. The van der Waals surface area contributed by atoms with Crippen LogP contribution in [0.4, 0.5) is 0 Å². The first-order chi connectivity index (χ1) is 12.9. The lowest BCUT2D eigenvalue weighted by atomic mass is 9.92. The number of carbonyl (C=O) groups excluding carboxylic acids is 1. The molecule has 138 valence electrons. The summed E-state index contributed by atoms with van der Waals surface area (Å²) < 4.78 is 0.744. The molecular formula is C20H17BrN2O3S. The normalized spacial score (nSPS) is 13.0. The van der Waals surface area contributed by atoms with Crippen molar-refractivity contribution in [2.75, 3.05) is 0 Å². The van der Waals surface area contributed by atoms with Gasteiger partial charge in [-0.05, 0) is 24.6 Å². The molecule has 0 aliphatic rings. The number of carboxylic acids is 1. The molecule has 1 unspecified atom stereocenters. The Labute approximate surface area is 169 Å². The van der Waals surface area contributed by atoms with Crippen LogP contribution in [0.5, 0.6) is 0 Å². The van der Waals surface area contributed by atoms with Crippen LogP contribution in [0.25, 0.3) is 10.6 Å². The lowest BCUT2D eigenvalue weighted by Crippen LogP contribution is -2.50. The molecule has 5 nitrogen and oxygen atoms in total. The van der Waals surface area contributed by atoms with E-state index in [9.17, 15) is 14.7 Å². The van der Waals surface area contributed by atoms with Gasteiger partial charge < -0.3 is 10.4 Å². The largest absolute Gasteiger partial charge is 0.479 e. The van der Waals surface area contributed by atoms with Gasteiger partial charge in [0.2, 0.25) is 5.91 Å². The lowest BCUT2D eigenvalue weighted by Gasteiger charge is -2.27. The topological polar surface area (TPSA) is 79.3 Å². The Hall–Kier alpha value is -2.51. The summed E-state index contributed by atoms with van der Waals surface area (Å²) in [6, 6.07) is 16.6. The molecule has 0 spiro atoms. The average Bonchev–Trinajstić information content (AvgIpc) is 3.10. The van der Waals surface area contributed by atoms with E-state index in [-0.39, 0.29) is 6.42 Å². The summed E-state index contributed by atoms with van der Waals surface area (Å²) in [4.78, 5) is 28.9. The predicted molar refractivity (Wildman–Crippen MR) is 109 cm³/mol. The van der Waals surface area contributed by atoms with Crippen molar-refractivity contribution < 1.29 is 14.7 Å². The first-order valence-electron chi connectivity index (χ1n) is 8.19. The minimum Gasteiger partial charge on any atom is -0.479 e. The van der Waals surface area contributed by atoms with Crippen LogP contribution >= 0.6 is 27.3 Å². The number of carboxylic acid groups (broad SMARTS) is 1. The van der Waals surface area contributed by atoms with E-state index in [0.29, 0.717) is 11.3 Å². The molecule has 0 radical (unpaired) electrons. The maximum atomic E-state index is 12.5. The molecule has 3 rings (SSSR count). The molecule has 0 saturated heterocycles. The molecule has 0 fully saturated rings. The SMILES string of the molecule is CC(NC(=O)Cc1csc(-c2ccccc2)n1)(C(=O)O)c1cccc(Br)c1. The fourth-order valence-electron chi connectivity index (χ4n) is 2.64. The molecule has 0 bridgehead atoms. The van der Waals surface area contributed by atoms with Gasteiger partial charge in [0.05, 0.1) is 12.1 Å². The Balaban J connectivity index is 1.76. The van der Waals surface area contributed by atoms with E-state index < -0.39 is 17.4 Å². The van der Waals surface area contributed by atoms with E-state index in [1.165, 1.54) is 18.3 Å². The summed E-state index contributed by atoms with van der Waals surface area (Å²) in [5.41, 5.74) is 0.553. The van der Waals surface area contributed by atoms with E-state index >= 15 is 0 Å². The van der Waals surface area contributed by atoms with Gasteiger partial charge in [0.25, 0.3) is 0 Å². The summed E-state index contributed by atoms with van der Waals surface area (Å²) >= 11 is 4.79. The second kappa shape index (κ2) is 8.02. The molecule has 1 amide bonds. The summed E-state index contributed by atoms with van der Waals surface area (Å²) in [6.45, 7) is 1.48. The van der Waals surface area contributed by atoms with Crippen LogP contribution in [0.3, 0.4) is 0 Å². The number of aromatic nitrogens is 1. The van der Waals surface area contributed by atoms with Crippen molar-refractivity contribution in [2.45, 2.75) is 18.9 Å². The Kier molecular flexibility index (Phi) is 5.72. The molecule has 2 aromatic carbocycles. The van der Waals surface area contributed by atoms with Crippen molar-refractivity contribution in [1.82, 2.24) is 10.3 Å². The zero-order valence-corrected chi connectivity index (χ0v) is 16.9. The van der Waals surface area contributed by atoms with Gasteiger partial charge in [-0.1, -0.05) is 58.4 Å². The minimum absolute atomic E-state index is 0.0141. The van der Waals surface area contributed by atoms with E-state index in [1.807, 2.05) is 35.7 Å². The number of thiazole rings is 1. The molecule has 0 aliphatic carbocycles. The fraction of sp³-hybridized carbons (Fsp3) is 0.150. The Bertz CT molecular complexity index is 974. The monoisotopic (exact) mass is 444 g/mol. The third-order valence-electron chi connectivity index (χ3n) is 4.13. The highest BCUT2D eigenvalue weighted by Crippen LogP contribution is 2.26. The highest BCUT2D eigenvalue weighted by atomic mass is 79.9. The highest BCUT2D eigenvalue weighted by Gasteiger charge is 2.37. The van der Waals surface area contributed by atoms with Crippen molar-refractivity contribution in [2.24, 2.45) is 0 Å². The van der Waals surface area contributed by atoms with Gasteiger partial charge in [0.1, 0.15) is 5.01 Å². The van der Waals surface area contributed by atoms with Crippen LogP contribution in [0.15, 0.2) is 64.5 Å². The number of aliphatic carboxylic acids is 1. The highest BCUT2D eigenvalue weighted by molar-refractivity contribution is 9.10. The maximum Gasteiger partial charge on any atom is 0.333 e. The first kappa shape index (κ1) is 19.3. The van der Waals surface area contributed by atoms with Gasteiger partial charge in [0.15, 0.2) is 5.54 Å². The summed E-state index contributed by atoms with van der Waals surface area (Å²) in [6.07, 6.45) is 0.0141. The van der Waals surface area contributed by atoms with Gasteiger partial charge in [-0.2, -0.15) is 0 Å². The molecule has 3 aromatic rings. The number of hydrogen-bond donors (Lipinski definition) is 2. The molecule has 1 atom stereocenters. The van der Waals surface area contributed by atoms with Crippen molar-refractivity contribution >= 4 is 39.1 Å². The van der Waals surface area contributed by atoms with E-state index in [4.69, 9.17) is 0 Å². The Morgan fingerprint density at radius 3 is 2.59 bits per heavy atom. The molecule has 7 heteroatoms. The molecule has 2 N–H and O–H groups in total. The minimum atomic E-state index is -1.53. The number of hydrogen-bond acceptors (Lipinski definition) is 4. The smallest absolute Gasteiger partial charge is 0.333 e. The number of carbonyl (C=O) groups is 2. The third kappa shape index (κ3) is 4.43. The molecule has 1 aromatic heterocycles. The Morgan fingerprint density at radius 1 is 1.19 bits per heavy atom. The second-order valence-electron chi connectivity index (χ2n) is 6.18. The second-order valence-corrected chi connectivity index (χ2v) is 7.95. The van der Waals surface area contributed by atoms with Gasteiger partial charge >= 0.3 is 5.97 Å². The van der Waals surface area contributed by atoms with E-state index in [2.05, 4.69) is 26.2 Å². The number of rotatable bonds is 6. The average molecular weight is 445 g/mol. The van der Waals surface area contributed by atoms with Crippen molar-refractivity contribution in [3.05, 3.63) is 75.7 Å². The predicted octanol–water partition coefficient (Wildman–Crippen LogP) is 4.23. The van der Waals surface area contributed by atoms with Crippen molar-refractivity contribution in [3.63, 3.8) is 0 Å². The quantitative estimate of drug-likeness (QED) is 0.595. The molecular weight excluding hydrogens is 428 g/mol. The maximum absolute atomic E-state index is 12.5. The van der Waals surface area contributed by atoms with Gasteiger partial charge in [-0.25, -0.2) is 9.78 Å². The summed E-state index contributed by atoms with van der Waals surface area (Å²) in [7, 11) is 0. The lowest BCUT2D eigenvalue weighted by molar-refractivity contribution is -0.147. The summed E-state index contributed by atoms with van der Waals surface area (Å²) in [5.74, 6) is -1.53. The van der Waals surface area contributed by atoms with Crippen LogP contribution in [0, 0.1) is 0 Å². The van der Waals surface area contributed by atoms with Crippen LogP contribution in [-0.4, -0.2) is 22.0 Å². The number of benzene rings is 2. The number of nitrogens with one attached hydrogen (secondary N) is 1. The zero-order valence-electron chi connectivity index (χ0n) is 14.5. The van der Waals surface area contributed by atoms with E-state index in [1.54, 1.807) is 24.3 Å².